The number of hydrogen-bond acceptors (Lipinski definition) is 4. The average molecular weight is 352 g/mol. The molecule has 2 aromatic rings. The van der Waals surface area contributed by atoms with Crippen molar-refractivity contribution in [1.82, 2.24) is 4.90 Å². The second-order valence-electron chi connectivity index (χ2n) is 6.11. The van der Waals surface area contributed by atoms with Crippen LogP contribution in [0.25, 0.3) is 5.57 Å². The van der Waals surface area contributed by atoms with Gasteiger partial charge in [-0.1, -0.05) is 30.3 Å². The number of carbonyl (C=O) groups excluding carboxylic acids is 2. The van der Waals surface area contributed by atoms with Crippen LogP contribution in [0.1, 0.15) is 5.56 Å². The zero-order valence-corrected chi connectivity index (χ0v) is 14.0. The Kier molecular flexibility index (Phi) is 4.26. The minimum atomic E-state index is -0.419. The van der Waals surface area contributed by atoms with Crippen molar-refractivity contribution in [3.63, 3.8) is 0 Å². The van der Waals surface area contributed by atoms with Crippen molar-refractivity contribution < 1.29 is 18.7 Å². The summed E-state index contributed by atoms with van der Waals surface area (Å²) in [5, 5.41) is 0. The first-order valence-corrected chi connectivity index (χ1v) is 8.43. The predicted molar refractivity (Wildman–Crippen MR) is 94.6 cm³/mol. The van der Waals surface area contributed by atoms with Crippen LogP contribution in [0.4, 0.5) is 10.1 Å². The lowest BCUT2D eigenvalue weighted by Gasteiger charge is -2.29. The Bertz CT molecular complexity index is 872. The summed E-state index contributed by atoms with van der Waals surface area (Å²) in [6, 6.07) is 14.5. The van der Waals surface area contributed by atoms with E-state index in [-0.39, 0.29) is 5.91 Å². The summed E-state index contributed by atoms with van der Waals surface area (Å²) >= 11 is 0. The third-order valence-corrected chi connectivity index (χ3v) is 4.53. The van der Waals surface area contributed by atoms with Crippen LogP contribution in [0.5, 0.6) is 0 Å². The lowest BCUT2D eigenvalue weighted by Crippen LogP contribution is -2.40. The quantitative estimate of drug-likeness (QED) is 0.796. The Morgan fingerprint density at radius 2 is 1.50 bits per heavy atom. The fraction of sp³-hybridized carbons (Fsp3) is 0.200. The summed E-state index contributed by atoms with van der Waals surface area (Å²) in [5.74, 6) is -1.20. The van der Waals surface area contributed by atoms with Crippen LogP contribution < -0.4 is 4.90 Å². The Hall–Kier alpha value is -2.99. The van der Waals surface area contributed by atoms with E-state index in [9.17, 15) is 14.0 Å². The summed E-state index contributed by atoms with van der Waals surface area (Å²) in [4.78, 5) is 29.3. The van der Waals surface area contributed by atoms with Gasteiger partial charge in [0.25, 0.3) is 11.8 Å². The topological polar surface area (TPSA) is 49.9 Å². The van der Waals surface area contributed by atoms with Gasteiger partial charge in [0.2, 0.25) is 0 Å². The van der Waals surface area contributed by atoms with Crippen LogP contribution in [0.3, 0.4) is 0 Å². The van der Waals surface area contributed by atoms with Crippen LogP contribution in [0.2, 0.25) is 0 Å². The van der Waals surface area contributed by atoms with Gasteiger partial charge in [-0.05, 0) is 29.8 Å². The number of rotatable bonds is 3. The normalized spacial score (nSPS) is 18.0. The zero-order valence-electron chi connectivity index (χ0n) is 14.0. The van der Waals surface area contributed by atoms with Gasteiger partial charge in [-0.15, -0.1) is 0 Å². The van der Waals surface area contributed by atoms with Crippen LogP contribution in [0, 0.1) is 5.82 Å². The van der Waals surface area contributed by atoms with E-state index in [1.54, 1.807) is 0 Å². The fourth-order valence-electron chi connectivity index (χ4n) is 3.29. The molecule has 1 fully saturated rings. The number of imide groups is 1. The number of nitrogens with zero attached hydrogens (tertiary/aromatic N) is 2. The molecule has 0 aliphatic carbocycles. The molecule has 0 spiro atoms. The molecule has 2 heterocycles. The molecule has 0 aromatic heterocycles. The maximum Gasteiger partial charge on any atom is 0.282 e. The summed E-state index contributed by atoms with van der Waals surface area (Å²) in [5.41, 5.74) is 1.81. The Labute approximate surface area is 150 Å². The van der Waals surface area contributed by atoms with E-state index in [0.29, 0.717) is 48.8 Å². The Morgan fingerprint density at radius 1 is 0.846 bits per heavy atom. The number of ether oxygens (including phenoxy) is 1. The lowest BCUT2D eigenvalue weighted by molar-refractivity contribution is -0.121. The smallest absolute Gasteiger partial charge is 0.282 e. The molecule has 2 aliphatic heterocycles. The van der Waals surface area contributed by atoms with E-state index in [2.05, 4.69) is 0 Å². The van der Waals surface area contributed by atoms with Crippen LogP contribution in [-0.2, 0) is 14.3 Å². The summed E-state index contributed by atoms with van der Waals surface area (Å²) < 4.78 is 18.6. The molecule has 132 valence electrons. The number of anilines is 1. The van der Waals surface area contributed by atoms with Gasteiger partial charge >= 0.3 is 0 Å². The highest BCUT2D eigenvalue weighted by Crippen LogP contribution is 2.34. The van der Waals surface area contributed by atoms with E-state index >= 15 is 0 Å². The van der Waals surface area contributed by atoms with Crippen molar-refractivity contribution >= 4 is 23.1 Å². The fourth-order valence-corrected chi connectivity index (χ4v) is 3.29. The van der Waals surface area contributed by atoms with Gasteiger partial charge in [-0.2, -0.15) is 0 Å². The van der Waals surface area contributed by atoms with Gasteiger partial charge in [-0.3, -0.25) is 9.59 Å². The monoisotopic (exact) mass is 352 g/mol. The van der Waals surface area contributed by atoms with Crippen molar-refractivity contribution in [3.8, 4) is 0 Å². The maximum atomic E-state index is 13.3. The SMILES string of the molecule is O=C1C(c2ccccc2)=C(N2CCOCC2)C(=O)N1c1ccc(F)cc1. The molecule has 0 N–H and O–H groups in total. The molecule has 5 nitrogen and oxygen atoms in total. The van der Waals surface area contributed by atoms with Crippen LogP contribution in [0.15, 0.2) is 60.3 Å². The molecule has 2 aliphatic rings. The third-order valence-electron chi connectivity index (χ3n) is 4.53. The van der Waals surface area contributed by atoms with Crippen molar-refractivity contribution in [2.45, 2.75) is 0 Å². The molecular weight excluding hydrogens is 335 g/mol. The van der Waals surface area contributed by atoms with Crippen molar-refractivity contribution in [3.05, 3.63) is 71.7 Å². The second-order valence-corrected chi connectivity index (χ2v) is 6.11. The Balaban J connectivity index is 1.81. The molecule has 0 saturated carbocycles. The average Bonchev–Trinajstić information content (AvgIpc) is 2.94. The molecule has 0 atom stereocenters. The summed E-state index contributed by atoms with van der Waals surface area (Å²) in [7, 11) is 0. The van der Waals surface area contributed by atoms with E-state index in [0.717, 1.165) is 4.90 Å². The first-order chi connectivity index (χ1) is 12.7. The molecule has 2 aromatic carbocycles. The van der Waals surface area contributed by atoms with Crippen molar-refractivity contribution in [2.24, 2.45) is 0 Å². The maximum absolute atomic E-state index is 13.3. The van der Waals surface area contributed by atoms with Crippen LogP contribution in [-0.4, -0.2) is 43.0 Å². The summed E-state index contributed by atoms with van der Waals surface area (Å²) in [6.45, 7) is 2.09. The van der Waals surface area contributed by atoms with E-state index in [1.807, 2.05) is 35.2 Å². The van der Waals surface area contributed by atoms with Gasteiger partial charge in [0.05, 0.1) is 24.5 Å². The molecule has 1 saturated heterocycles. The van der Waals surface area contributed by atoms with Crippen LogP contribution >= 0.6 is 0 Å². The molecule has 6 heteroatoms. The minimum Gasteiger partial charge on any atom is -0.378 e. The standard InChI is InChI=1S/C20H17FN2O3/c21-15-6-8-16(9-7-15)23-19(24)17(14-4-2-1-3-5-14)18(20(23)25)22-10-12-26-13-11-22/h1-9H,10-13H2. The molecule has 0 radical (unpaired) electrons. The number of morpholine rings is 1. The first kappa shape index (κ1) is 16.5. The van der Waals surface area contributed by atoms with E-state index in [4.69, 9.17) is 4.74 Å². The number of benzene rings is 2. The van der Waals surface area contributed by atoms with Crippen molar-refractivity contribution in [1.29, 1.82) is 0 Å². The molecule has 0 bridgehead atoms. The van der Waals surface area contributed by atoms with Crippen molar-refractivity contribution in [2.75, 3.05) is 31.2 Å². The molecule has 2 amide bonds. The van der Waals surface area contributed by atoms with Gasteiger partial charge in [0.15, 0.2) is 0 Å². The van der Waals surface area contributed by atoms with Gasteiger partial charge < -0.3 is 9.64 Å². The highest BCUT2D eigenvalue weighted by atomic mass is 19.1. The predicted octanol–water partition coefficient (Wildman–Crippen LogP) is 2.44. The highest BCUT2D eigenvalue weighted by Gasteiger charge is 2.42. The lowest BCUT2D eigenvalue weighted by atomic mass is 10.0. The summed E-state index contributed by atoms with van der Waals surface area (Å²) in [6.07, 6.45) is 0. The molecule has 26 heavy (non-hydrogen) atoms. The van der Waals surface area contributed by atoms with Gasteiger partial charge in [-0.25, -0.2) is 9.29 Å². The second kappa shape index (κ2) is 6.72. The molecule has 0 unspecified atom stereocenters. The molecular formula is C20H17FN2O3. The molecule has 4 rings (SSSR count). The Morgan fingerprint density at radius 3 is 2.15 bits per heavy atom. The number of hydrogen-bond donors (Lipinski definition) is 0. The van der Waals surface area contributed by atoms with E-state index < -0.39 is 11.7 Å². The van der Waals surface area contributed by atoms with Gasteiger partial charge in [0.1, 0.15) is 11.5 Å². The number of amides is 2. The van der Waals surface area contributed by atoms with Gasteiger partial charge in [0, 0.05) is 13.1 Å². The largest absolute Gasteiger partial charge is 0.378 e. The van der Waals surface area contributed by atoms with E-state index in [1.165, 1.54) is 24.3 Å². The number of halogens is 1. The zero-order chi connectivity index (χ0) is 18.1. The third kappa shape index (κ3) is 2.78. The first-order valence-electron chi connectivity index (χ1n) is 8.43. The highest BCUT2D eigenvalue weighted by molar-refractivity contribution is 6.45. The number of carbonyl (C=O) groups is 2. The minimum absolute atomic E-state index is 0.359.